The maximum Gasteiger partial charge on any atom is 0.144 e. The van der Waals surface area contributed by atoms with Gasteiger partial charge in [0.1, 0.15) is 11.6 Å². The molecule has 5 nitrogen and oxygen atoms in total. The molecule has 1 aliphatic heterocycles. The number of rotatable bonds is 2. The highest BCUT2D eigenvalue weighted by atomic mass is 16.3. The maximum absolute atomic E-state index is 9.10. The van der Waals surface area contributed by atoms with E-state index in [1.165, 1.54) is 0 Å². The fourth-order valence-corrected chi connectivity index (χ4v) is 1.31. The van der Waals surface area contributed by atoms with Crippen molar-refractivity contribution in [3.63, 3.8) is 0 Å². The second-order valence-electron chi connectivity index (χ2n) is 3.09. The number of anilines is 1. The van der Waals surface area contributed by atoms with Crippen molar-refractivity contribution in [1.82, 2.24) is 9.97 Å². The smallest absolute Gasteiger partial charge is 0.144 e. The zero-order valence-electron chi connectivity index (χ0n) is 7.22. The number of nitrogens with two attached hydrogens (primary N) is 1. The Balaban J connectivity index is 2.12. The number of hydrogen-bond acceptors (Lipinski definition) is 5. The van der Waals surface area contributed by atoms with Gasteiger partial charge in [0.15, 0.2) is 0 Å². The summed E-state index contributed by atoms with van der Waals surface area (Å²) < 4.78 is 0. The van der Waals surface area contributed by atoms with Gasteiger partial charge in [-0.05, 0) is 6.07 Å². The molecule has 0 radical (unpaired) electrons. The summed E-state index contributed by atoms with van der Waals surface area (Å²) >= 11 is 0. The number of aromatic nitrogens is 2. The molecule has 0 saturated carbocycles. The Hall–Kier alpha value is -1.20. The zero-order chi connectivity index (χ0) is 9.26. The standard InChI is InChI=1S/C8H12N4O/c9-3-7-10-2-1-8(11-7)12-4-6(13)5-12/h1-2,6,13H,3-5,9H2. The fraction of sp³-hybridized carbons (Fsp3) is 0.500. The summed E-state index contributed by atoms with van der Waals surface area (Å²) in [5, 5.41) is 9.10. The summed E-state index contributed by atoms with van der Waals surface area (Å²) in [6.45, 7) is 1.66. The Morgan fingerprint density at radius 1 is 1.62 bits per heavy atom. The molecule has 0 amide bonds. The van der Waals surface area contributed by atoms with Gasteiger partial charge in [0.2, 0.25) is 0 Å². The number of β-amino-alcohol motifs (C(OH)–C–C–N with tert-alkyl or cyclic N) is 1. The molecule has 1 saturated heterocycles. The van der Waals surface area contributed by atoms with E-state index < -0.39 is 0 Å². The second-order valence-corrected chi connectivity index (χ2v) is 3.09. The lowest BCUT2D eigenvalue weighted by atomic mass is 10.2. The van der Waals surface area contributed by atoms with Crippen LogP contribution in [-0.4, -0.2) is 34.3 Å². The lowest BCUT2D eigenvalue weighted by Crippen LogP contribution is -2.51. The van der Waals surface area contributed by atoms with Gasteiger partial charge in [-0.15, -0.1) is 0 Å². The van der Waals surface area contributed by atoms with E-state index in [1.54, 1.807) is 6.20 Å². The van der Waals surface area contributed by atoms with Crippen LogP contribution in [0.3, 0.4) is 0 Å². The first-order valence-electron chi connectivity index (χ1n) is 4.24. The van der Waals surface area contributed by atoms with E-state index in [4.69, 9.17) is 10.8 Å². The summed E-state index contributed by atoms with van der Waals surface area (Å²) in [7, 11) is 0. The van der Waals surface area contributed by atoms with Gasteiger partial charge in [-0.1, -0.05) is 0 Å². The molecule has 2 heterocycles. The minimum Gasteiger partial charge on any atom is -0.389 e. The highest BCUT2D eigenvalue weighted by Crippen LogP contribution is 2.17. The molecule has 1 fully saturated rings. The molecular weight excluding hydrogens is 168 g/mol. The van der Waals surface area contributed by atoms with Crippen LogP contribution in [0.4, 0.5) is 5.82 Å². The predicted molar refractivity (Wildman–Crippen MR) is 48.1 cm³/mol. The predicted octanol–water partition coefficient (Wildman–Crippen LogP) is -0.884. The molecule has 5 heteroatoms. The largest absolute Gasteiger partial charge is 0.389 e. The Kier molecular flexibility index (Phi) is 2.12. The molecule has 3 N–H and O–H groups in total. The second kappa shape index (κ2) is 3.27. The first-order valence-corrected chi connectivity index (χ1v) is 4.24. The van der Waals surface area contributed by atoms with Gasteiger partial charge in [-0.3, -0.25) is 0 Å². The normalized spacial score (nSPS) is 17.2. The van der Waals surface area contributed by atoms with E-state index in [9.17, 15) is 0 Å². The molecule has 0 unspecified atom stereocenters. The van der Waals surface area contributed by atoms with E-state index in [-0.39, 0.29) is 6.10 Å². The van der Waals surface area contributed by atoms with Crippen LogP contribution < -0.4 is 10.6 Å². The summed E-state index contributed by atoms with van der Waals surface area (Å²) in [4.78, 5) is 10.2. The van der Waals surface area contributed by atoms with Crippen molar-refractivity contribution in [2.24, 2.45) is 5.73 Å². The average molecular weight is 180 g/mol. The third-order valence-electron chi connectivity index (χ3n) is 2.06. The van der Waals surface area contributed by atoms with Crippen LogP contribution in [0.15, 0.2) is 12.3 Å². The van der Waals surface area contributed by atoms with Gasteiger partial charge in [-0.25, -0.2) is 9.97 Å². The van der Waals surface area contributed by atoms with Crippen LogP contribution in [0, 0.1) is 0 Å². The van der Waals surface area contributed by atoms with Crippen LogP contribution in [-0.2, 0) is 6.54 Å². The van der Waals surface area contributed by atoms with Crippen molar-refractivity contribution in [1.29, 1.82) is 0 Å². The number of aliphatic hydroxyl groups is 1. The molecule has 1 aromatic heterocycles. The van der Waals surface area contributed by atoms with Gasteiger partial charge in [0, 0.05) is 19.3 Å². The van der Waals surface area contributed by atoms with Gasteiger partial charge in [0.05, 0.1) is 12.6 Å². The van der Waals surface area contributed by atoms with Crippen LogP contribution in [0.1, 0.15) is 5.82 Å². The monoisotopic (exact) mass is 180 g/mol. The molecule has 0 aromatic carbocycles. The molecule has 2 rings (SSSR count). The first-order chi connectivity index (χ1) is 6.29. The SMILES string of the molecule is NCc1nccc(N2CC(O)C2)n1. The van der Waals surface area contributed by atoms with E-state index in [0.29, 0.717) is 25.5 Å². The van der Waals surface area contributed by atoms with Crippen molar-refractivity contribution in [3.05, 3.63) is 18.1 Å². The fourth-order valence-electron chi connectivity index (χ4n) is 1.31. The minimum absolute atomic E-state index is 0.212. The molecule has 0 aliphatic carbocycles. The molecule has 13 heavy (non-hydrogen) atoms. The van der Waals surface area contributed by atoms with E-state index in [2.05, 4.69) is 9.97 Å². The number of aliphatic hydroxyl groups excluding tert-OH is 1. The van der Waals surface area contributed by atoms with E-state index >= 15 is 0 Å². The van der Waals surface area contributed by atoms with Gasteiger partial charge in [0.25, 0.3) is 0 Å². The number of hydrogen-bond donors (Lipinski definition) is 2. The minimum atomic E-state index is -0.212. The average Bonchev–Trinajstić information content (AvgIpc) is 2.13. The molecule has 70 valence electrons. The third-order valence-corrected chi connectivity index (χ3v) is 2.06. The molecule has 0 bridgehead atoms. The number of nitrogens with zero attached hydrogens (tertiary/aromatic N) is 3. The van der Waals surface area contributed by atoms with Crippen molar-refractivity contribution >= 4 is 5.82 Å². The van der Waals surface area contributed by atoms with Crippen LogP contribution in [0.5, 0.6) is 0 Å². The lowest BCUT2D eigenvalue weighted by Gasteiger charge is -2.36. The van der Waals surface area contributed by atoms with Crippen molar-refractivity contribution in [2.75, 3.05) is 18.0 Å². The Morgan fingerprint density at radius 3 is 3.00 bits per heavy atom. The van der Waals surface area contributed by atoms with Crippen molar-refractivity contribution in [3.8, 4) is 0 Å². The van der Waals surface area contributed by atoms with Crippen LogP contribution in [0.25, 0.3) is 0 Å². The highest BCUT2D eigenvalue weighted by Gasteiger charge is 2.25. The summed E-state index contributed by atoms with van der Waals surface area (Å²) in [6.07, 6.45) is 1.48. The van der Waals surface area contributed by atoms with E-state index in [1.807, 2.05) is 11.0 Å². The van der Waals surface area contributed by atoms with Crippen LogP contribution >= 0.6 is 0 Å². The molecule has 0 spiro atoms. The Bertz CT molecular complexity index is 298. The van der Waals surface area contributed by atoms with Gasteiger partial charge >= 0.3 is 0 Å². The Labute approximate surface area is 76.2 Å². The summed E-state index contributed by atoms with van der Waals surface area (Å²) in [6, 6.07) is 1.82. The molecule has 0 atom stereocenters. The zero-order valence-corrected chi connectivity index (χ0v) is 7.22. The maximum atomic E-state index is 9.10. The van der Waals surface area contributed by atoms with Gasteiger partial charge in [-0.2, -0.15) is 0 Å². The summed E-state index contributed by atoms with van der Waals surface area (Å²) in [5.74, 6) is 1.49. The van der Waals surface area contributed by atoms with Crippen molar-refractivity contribution in [2.45, 2.75) is 12.6 Å². The quantitative estimate of drug-likeness (QED) is 0.618. The summed E-state index contributed by atoms with van der Waals surface area (Å²) in [5.41, 5.74) is 5.41. The van der Waals surface area contributed by atoms with Gasteiger partial charge < -0.3 is 15.7 Å². The molecular formula is C8H12N4O. The Morgan fingerprint density at radius 2 is 2.38 bits per heavy atom. The highest BCUT2D eigenvalue weighted by molar-refractivity contribution is 5.41. The van der Waals surface area contributed by atoms with E-state index in [0.717, 1.165) is 5.82 Å². The van der Waals surface area contributed by atoms with Crippen molar-refractivity contribution < 1.29 is 5.11 Å². The topological polar surface area (TPSA) is 75.3 Å². The molecule has 1 aromatic rings. The lowest BCUT2D eigenvalue weighted by molar-refractivity contribution is 0.141. The first kappa shape index (κ1) is 8.40. The van der Waals surface area contributed by atoms with Crippen LogP contribution in [0.2, 0.25) is 0 Å². The molecule has 1 aliphatic rings. The third kappa shape index (κ3) is 1.61.